The minimum atomic E-state index is 0.652. The number of aryl methyl sites for hydroxylation is 1. The van der Waals surface area contributed by atoms with Gasteiger partial charge in [0.15, 0.2) is 5.82 Å². The first kappa shape index (κ1) is 16.9. The summed E-state index contributed by atoms with van der Waals surface area (Å²) in [6, 6.07) is 14.0. The summed E-state index contributed by atoms with van der Waals surface area (Å²) in [6.07, 6.45) is 0. The molecule has 0 radical (unpaired) electrons. The zero-order valence-corrected chi connectivity index (χ0v) is 15.8. The molecule has 0 saturated carbocycles. The first-order valence-electron chi connectivity index (χ1n) is 7.31. The normalized spacial score (nSPS) is 10.8. The van der Waals surface area contributed by atoms with E-state index in [-0.39, 0.29) is 0 Å². The number of aromatic nitrogens is 3. The molecule has 24 heavy (non-hydrogen) atoms. The zero-order chi connectivity index (χ0) is 17.1. The Morgan fingerprint density at radius 1 is 1.17 bits per heavy atom. The van der Waals surface area contributed by atoms with Gasteiger partial charge < -0.3 is 10.6 Å². The Labute approximate surface area is 153 Å². The fraction of sp³-hybridized carbons (Fsp3) is 0.176. The molecule has 7 heteroatoms. The maximum Gasteiger partial charge on any atom is 0.210 e. The number of nitrogens with two attached hydrogens (primary N) is 1. The van der Waals surface area contributed by atoms with Crippen molar-refractivity contribution in [3.05, 3.63) is 58.1 Å². The first-order valence-corrected chi connectivity index (χ1v) is 9.09. The number of rotatable bonds is 5. The summed E-state index contributed by atoms with van der Waals surface area (Å²) in [5.41, 5.74) is 3.21. The number of halogens is 1. The van der Waals surface area contributed by atoms with Crippen LogP contribution in [0.25, 0.3) is 11.4 Å². The van der Waals surface area contributed by atoms with Crippen LogP contribution in [0.4, 0.5) is 0 Å². The fourth-order valence-corrected chi connectivity index (χ4v) is 3.52. The third-order valence-electron chi connectivity index (χ3n) is 3.57. The van der Waals surface area contributed by atoms with Crippen LogP contribution in [0.15, 0.2) is 52.1 Å². The van der Waals surface area contributed by atoms with Crippen molar-refractivity contribution in [1.82, 2.24) is 14.9 Å². The van der Waals surface area contributed by atoms with Crippen molar-refractivity contribution in [3.8, 4) is 17.1 Å². The van der Waals surface area contributed by atoms with Crippen LogP contribution >= 0.6 is 27.7 Å². The molecule has 0 atom stereocenters. The second-order valence-corrected chi connectivity index (χ2v) is 7.15. The molecule has 0 spiro atoms. The summed E-state index contributed by atoms with van der Waals surface area (Å²) in [6.45, 7) is 2.05. The van der Waals surface area contributed by atoms with Crippen LogP contribution in [0.5, 0.6) is 5.75 Å². The number of hydrogen-bond acceptors (Lipinski definition) is 5. The van der Waals surface area contributed by atoms with Gasteiger partial charge >= 0.3 is 0 Å². The summed E-state index contributed by atoms with van der Waals surface area (Å²) in [7, 11) is 1.67. The number of thioether (sulfide) groups is 1. The molecule has 5 nitrogen and oxygen atoms in total. The Hall–Kier alpha value is -1.99. The van der Waals surface area contributed by atoms with Crippen LogP contribution in [-0.2, 0) is 5.75 Å². The van der Waals surface area contributed by atoms with Crippen molar-refractivity contribution in [2.75, 3.05) is 13.0 Å². The lowest BCUT2D eigenvalue weighted by Crippen LogP contribution is -2.11. The van der Waals surface area contributed by atoms with Crippen molar-refractivity contribution in [2.24, 2.45) is 0 Å². The van der Waals surface area contributed by atoms with Crippen molar-refractivity contribution in [1.29, 1.82) is 0 Å². The highest BCUT2D eigenvalue weighted by Crippen LogP contribution is 2.30. The molecule has 1 heterocycles. The van der Waals surface area contributed by atoms with Crippen LogP contribution in [0.1, 0.15) is 11.1 Å². The average molecular weight is 405 g/mol. The average Bonchev–Trinajstić information content (AvgIpc) is 2.95. The van der Waals surface area contributed by atoms with Crippen molar-refractivity contribution in [2.45, 2.75) is 17.8 Å². The third-order valence-corrected chi connectivity index (χ3v) is 5.06. The second-order valence-electron chi connectivity index (χ2n) is 5.29. The lowest BCUT2D eigenvalue weighted by atomic mass is 10.1. The monoisotopic (exact) mass is 404 g/mol. The molecule has 2 aromatic carbocycles. The Morgan fingerprint density at radius 2 is 1.92 bits per heavy atom. The molecular formula is C17H17BrN4OS. The van der Waals surface area contributed by atoms with E-state index in [2.05, 4.69) is 26.1 Å². The molecule has 124 valence electrons. The van der Waals surface area contributed by atoms with E-state index in [9.17, 15) is 0 Å². The van der Waals surface area contributed by atoms with E-state index in [0.29, 0.717) is 16.7 Å². The summed E-state index contributed by atoms with van der Waals surface area (Å²) < 4.78 is 7.93. The minimum Gasteiger partial charge on any atom is -0.496 e. The Morgan fingerprint density at radius 3 is 2.62 bits per heavy atom. The molecule has 0 aliphatic carbocycles. The SMILES string of the molecule is COc1ccc(Br)cc1CSc1nnc(-c2ccc(C)cc2)n1N. The first-order chi connectivity index (χ1) is 11.6. The van der Waals surface area contributed by atoms with E-state index in [4.69, 9.17) is 10.6 Å². The molecule has 2 N–H and O–H groups in total. The summed E-state index contributed by atoms with van der Waals surface area (Å²) in [5, 5.41) is 9.08. The fourth-order valence-electron chi connectivity index (χ4n) is 2.28. The molecule has 0 unspecified atom stereocenters. The van der Waals surface area contributed by atoms with E-state index in [1.807, 2.05) is 49.4 Å². The van der Waals surface area contributed by atoms with Gasteiger partial charge in [-0.05, 0) is 25.1 Å². The lowest BCUT2D eigenvalue weighted by Gasteiger charge is -2.08. The van der Waals surface area contributed by atoms with Crippen LogP contribution in [0.3, 0.4) is 0 Å². The molecule has 1 aromatic heterocycles. The molecule has 0 amide bonds. The predicted molar refractivity (Wildman–Crippen MR) is 101 cm³/mol. The standard InChI is InChI=1S/C17H17BrN4OS/c1-11-3-5-12(6-4-11)16-20-21-17(22(16)19)24-10-13-9-14(18)7-8-15(13)23-2/h3-9H,10,19H2,1-2H3. The number of benzene rings is 2. The number of ether oxygens (including phenoxy) is 1. The van der Waals surface area contributed by atoms with Crippen LogP contribution in [0, 0.1) is 6.92 Å². The molecule has 3 aromatic rings. The maximum atomic E-state index is 6.17. The molecule has 0 saturated heterocycles. The summed E-state index contributed by atoms with van der Waals surface area (Å²) in [4.78, 5) is 0. The molecule has 0 bridgehead atoms. The zero-order valence-electron chi connectivity index (χ0n) is 13.4. The van der Waals surface area contributed by atoms with Gasteiger partial charge in [0.05, 0.1) is 7.11 Å². The maximum absolute atomic E-state index is 6.17. The topological polar surface area (TPSA) is 66.0 Å². The minimum absolute atomic E-state index is 0.652. The van der Waals surface area contributed by atoms with Crippen LogP contribution < -0.4 is 10.6 Å². The highest BCUT2D eigenvalue weighted by atomic mass is 79.9. The van der Waals surface area contributed by atoms with Gasteiger partial charge in [0.1, 0.15) is 5.75 Å². The van der Waals surface area contributed by atoms with E-state index in [0.717, 1.165) is 21.3 Å². The van der Waals surface area contributed by atoms with Gasteiger partial charge in [-0.2, -0.15) is 0 Å². The van der Waals surface area contributed by atoms with Gasteiger partial charge in [0.25, 0.3) is 0 Å². The Bertz CT molecular complexity index is 848. The molecule has 0 fully saturated rings. The third kappa shape index (κ3) is 3.57. The van der Waals surface area contributed by atoms with Crippen molar-refractivity contribution >= 4 is 27.7 Å². The van der Waals surface area contributed by atoms with Gasteiger partial charge in [-0.1, -0.05) is 57.5 Å². The molecule has 0 aliphatic heterocycles. The number of hydrogen-bond donors (Lipinski definition) is 1. The Kier molecular flexibility index (Phi) is 5.11. The summed E-state index contributed by atoms with van der Waals surface area (Å²) in [5.74, 6) is 8.35. The van der Waals surface area contributed by atoms with E-state index in [1.165, 1.54) is 22.0 Å². The second kappa shape index (κ2) is 7.27. The van der Waals surface area contributed by atoms with E-state index in [1.54, 1.807) is 7.11 Å². The number of nitrogen functional groups attached to an aromatic ring is 1. The largest absolute Gasteiger partial charge is 0.496 e. The van der Waals surface area contributed by atoms with Gasteiger partial charge in [-0.15, -0.1) is 10.2 Å². The molecular weight excluding hydrogens is 388 g/mol. The lowest BCUT2D eigenvalue weighted by molar-refractivity contribution is 0.411. The smallest absolute Gasteiger partial charge is 0.210 e. The van der Waals surface area contributed by atoms with Gasteiger partial charge in [0.2, 0.25) is 5.16 Å². The van der Waals surface area contributed by atoms with Gasteiger partial charge in [-0.25, -0.2) is 4.68 Å². The van der Waals surface area contributed by atoms with Crippen LogP contribution in [-0.4, -0.2) is 22.0 Å². The van der Waals surface area contributed by atoms with Crippen LogP contribution in [0.2, 0.25) is 0 Å². The van der Waals surface area contributed by atoms with Gasteiger partial charge in [-0.3, -0.25) is 0 Å². The number of methoxy groups -OCH3 is 1. The predicted octanol–water partition coefficient (Wildman–Crippen LogP) is 4.03. The van der Waals surface area contributed by atoms with Gasteiger partial charge in [0, 0.05) is 21.4 Å². The van der Waals surface area contributed by atoms with Crippen molar-refractivity contribution in [3.63, 3.8) is 0 Å². The Balaban J connectivity index is 1.80. The van der Waals surface area contributed by atoms with E-state index >= 15 is 0 Å². The highest BCUT2D eigenvalue weighted by Gasteiger charge is 2.13. The molecule has 3 rings (SSSR count). The van der Waals surface area contributed by atoms with Crippen molar-refractivity contribution < 1.29 is 4.74 Å². The summed E-state index contributed by atoms with van der Waals surface area (Å²) >= 11 is 5.00. The number of nitrogens with zero attached hydrogens (tertiary/aromatic N) is 3. The highest BCUT2D eigenvalue weighted by molar-refractivity contribution is 9.10. The molecule has 0 aliphatic rings. The van der Waals surface area contributed by atoms with E-state index < -0.39 is 0 Å². The quantitative estimate of drug-likeness (QED) is 0.513.